The number of allylic oxidation sites excluding steroid dienone is 12. The summed E-state index contributed by atoms with van der Waals surface area (Å²) in [5.41, 5.74) is 0. The highest BCUT2D eigenvalue weighted by molar-refractivity contribution is 5.77. The summed E-state index contributed by atoms with van der Waals surface area (Å²) in [5, 5.41) is 23.5. The first-order chi connectivity index (χ1) is 26.0. The maximum absolute atomic E-state index is 13.0. The largest absolute Gasteiger partial charge is 0.462 e. The maximum Gasteiger partial charge on any atom is 0.306 e. The van der Waals surface area contributed by atoms with E-state index in [0.717, 1.165) is 70.6 Å². The van der Waals surface area contributed by atoms with Gasteiger partial charge in [-0.3, -0.25) is 9.59 Å². The molecule has 0 aliphatic rings. The standard InChI is InChI=1S/C47H81NO5/c1-4-7-10-13-16-19-20-21-22-23-24-25-26-28-31-34-37-40-47(52)53-43(38-35-32-29-18-15-12-9-6-3)41-46(51)48-44(42-49)45(50)39-36-33-30-27-17-14-11-8-5-2/h7,10,13,16,19-26,43-45,49-50H,4-6,8-9,11-12,14-15,17-18,27-42H2,1-3H3,(H,48,51)/b10-7-,16-13+,20-19+,22-21-,24-23+,26-25+. The number of aliphatic hydroxyl groups excluding tert-OH is 2. The molecule has 0 heterocycles. The molecule has 3 atom stereocenters. The lowest BCUT2D eigenvalue weighted by Crippen LogP contribution is -2.46. The van der Waals surface area contributed by atoms with E-state index < -0.39 is 18.2 Å². The molecule has 6 nitrogen and oxygen atoms in total. The Labute approximate surface area is 326 Å². The number of carbonyl (C=O) groups excluding carboxylic acids is 2. The SMILES string of the molecule is CC\C=C/C=C/C=C/C=C\C=C\C=C\CCCCCC(=O)OC(CCCCCCCCCC)CC(=O)NC(CO)C(O)CCCCCCCCCCC. The normalized spacial score (nSPS) is 14.1. The summed E-state index contributed by atoms with van der Waals surface area (Å²) in [4.78, 5) is 25.8. The molecule has 53 heavy (non-hydrogen) atoms. The van der Waals surface area contributed by atoms with Crippen molar-refractivity contribution in [2.24, 2.45) is 0 Å². The lowest BCUT2D eigenvalue weighted by Gasteiger charge is -2.24. The smallest absolute Gasteiger partial charge is 0.306 e. The molecule has 0 aliphatic heterocycles. The van der Waals surface area contributed by atoms with Crippen LogP contribution in [0.4, 0.5) is 0 Å². The molecule has 0 aromatic rings. The fraction of sp³-hybridized carbons (Fsp3) is 0.702. The van der Waals surface area contributed by atoms with Gasteiger partial charge in [0.05, 0.1) is 25.2 Å². The number of unbranched alkanes of at least 4 members (excludes halogenated alkanes) is 18. The molecule has 0 fully saturated rings. The number of aliphatic hydroxyl groups is 2. The Morgan fingerprint density at radius 3 is 1.53 bits per heavy atom. The third-order valence-corrected chi connectivity index (χ3v) is 9.46. The predicted molar refractivity (Wildman–Crippen MR) is 227 cm³/mol. The molecule has 0 aromatic carbocycles. The first-order valence-electron chi connectivity index (χ1n) is 21.7. The number of hydrogen-bond donors (Lipinski definition) is 3. The van der Waals surface area contributed by atoms with Crippen LogP contribution in [-0.2, 0) is 14.3 Å². The average Bonchev–Trinajstić information content (AvgIpc) is 3.15. The maximum atomic E-state index is 13.0. The van der Waals surface area contributed by atoms with Gasteiger partial charge in [-0.05, 0) is 44.9 Å². The zero-order valence-electron chi connectivity index (χ0n) is 34.4. The Morgan fingerprint density at radius 2 is 1.02 bits per heavy atom. The van der Waals surface area contributed by atoms with Crippen molar-refractivity contribution in [1.29, 1.82) is 0 Å². The molecule has 304 valence electrons. The molecule has 0 aromatic heterocycles. The van der Waals surface area contributed by atoms with Crippen LogP contribution in [0.1, 0.15) is 188 Å². The zero-order valence-corrected chi connectivity index (χ0v) is 34.4. The summed E-state index contributed by atoms with van der Waals surface area (Å²) < 4.78 is 5.85. The van der Waals surface area contributed by atoms with Gasteiger partial charge in [0.15, 0.2) is 0 Å². The molecule has 0 radical (unpaired) electrons. The second kappa shape index (κ2) is 40.5. The molecular formula is C47H81NO5. The van der Waals surface area contributed by atoms with Crippen LogP contribution >= 0.6 is 0 Å². The van der Waals surface area contributed by atoms with Crippen molar-refractivity contribution in [3.63, 3.8) is 0 Å². The fourth-order valence-electron chi connectivity index (χ4n) is 6.17. The van der Waals surface area contributed by atoms with Crippen molar-refractivity contribution in [2.45, 2.75) is 206 Å². The monoisotopic (exact) mass is 740 g/mol. The Balaban J connectivity index is 4.62. The van der Waals surface area contributed by atoms with Gasteiger partial charge in [0.1, 0.15) is 6.10 Å². The number of ether oxygens (including phenoxy) is 1. The molecule has 0 bridgehead atoms. The summed E-state index contributed by atoms with van der Waals surface area (Å²) in [6, 6.07) is -0.709. The van der Waals surface area contributed by atoms with Crippen molar-refractivity contribution < 1.29 is 24.5 Å². The highest BCUT2D eigenvalue weighted by Gasteiger charge is 2.24. The van der Waals surface area contributed by atoms with Crippen LogP contribution < -0.4 is 5.32 Å². The van der Waals surface area contributed by atoms with Gasteiger partial charge < -0.3 is 20.3 Å². The summed E-state index contributed by atoms with van der Waals surface area (Å²) in [5.74, 6) is -0.536. The number of rotatable bonds is 37. The van der Waals surface area contributed by atoms with E-state index in [9.17, 15) is 19.8 Å². The lowest BCUT2D eigenvalue weighted by molar-refractivity contribution is -0.151. The molecule has 0 rings (SSSR count). The van der Waals surface area contributed by atoms with Crippen molar-refractivity contribution in [3.05, 3.63) is 72.9 Å². The minimum Gasteiger partial charge on any atom is -0.462 e. The number of nitrogens with one attached hydrogen (secondary N) is 1. The van der Waals surface area contributed by atoms with Crippen molar-refractivity contribution in [2.75, 3.05) is 6.61 Å². The van der Waals surface area contributed by atoms with Gasteiger partial charge in [-0.15, -0.1) is 0 Å². The highest BCUT2D eigenvalue weighted by Crippen LogP contribution is 2.17. The third-order valence-electron chi connectivity index (χ3n) is 9.46. The van der Waals surface area contributed by atoms with E-state index >= 15 is 0 Å². The summed E-state index contributed by atoms with van der Waals surface area (Å²) >= 11 is 0. The second-order valence-corrected chi connectivity index (χ2v) is 14.5. The van der Waals surface area contributed by atoms with Gasteiger partial charge in [0, 0.05) is 6.42 Å². The number of carbonyl (C=O) groups is 2. The lowest BCUT2D eigenvalue weighted by atomic mass is 10.0. The molecule has 3 unspecified atom stereocenters. The third kappa shape index (κ3) is 36.1. The summed E-state index contributed by atoms with van der Waals surface area (Å²) in [6.45, 7) is 6.26. The minimum absolute atomic E-state index is 0.0565. The van der Waals surface area contributed by atoms with Crippen LogP contribution in [0.3, 0.4) is 0 Å². The quantitative estimate of drug-likeness (QED) is 0.0335. The molecule has 1 amide bonds. The van der Waals surface area contributed by atoms with Gasteiger partial charge in [-0.1, -0.05) is 203 Å². The van der Waals surface area contributed by atoms with Crippen LogP contribution in [0, 0.1) is 0 Å². The molecule has 0 aliphatic carbocycles. The van der Waals surface area contributed by atoms with E-state index in [1.54, 1.807) is 0 Å². The van der Waals surface area contributed by atoms with E-state index in [0.29, 0.717) is 19.3 Å². The van der Waals surface area contributed by atoms with Crippen LogP contribution in [0.15, 0.2) is 72.9 Å². The van der Waals surface area contributed by atoms with Crippen molar-refractivity contribution in [3.8, 4) is 0 Å². The van der Waals surface area contributed by atoms with E-state index in [4.69, 9.17) is 4.74 Å². The molecule has 0 saturated heterocycles. The molecule has 3 N–H and O–H groups in total. The Bertz CT molecular complexity index is 1010. The molecule has 6 heteroatoms. The Kier molecular flexibility index (Phi) is 38.4. The summed E-state index contributed by atoms with van der Waals surface area (Å²) in [6.07, 6.45) is 49.6. The predicted octanol–water partition coefficient (Wildman–Crippen LogP) is 12.3. The zero-order chi connectivity index (χ0) is 38.9. The van der Waals surface area contributed by atoms with Crippen LogP contribution in [0.2, 0.25) is 0 Å². The van der Waals surface area contributed by atoms with Crippen LogP contribution in [-0.4, -0.2) is 46.9 Å². The van der Waals surface area contributed by atoms with E-state index in [2.05, 4.69) is 44.3 Å². The average molecular weight is 740 g/mol. The van der Waals surface area contributed by atoms with Crippen LogP contribution in [0.5, 0.6) is 0 Å². The van der Waals surface area contributed by atoms with Gasteiger partial charge in [0.2, 0.25) is 5.91 Å². The Morgan fingerprint density at radius 1 is 0.566 bits per heavy atom. The van der Waals surface area contributed by atoms with Crippen LogP contribution in [0.25, 0.3) is 0 Å². The molecule has 0 spiro atoms. The fourth-order valence-corrected chi connectivity index (χ4v) is 6.17. The number of esters is 1. The van der Waals surface area contributed by atoms with Crippen molar-refractivity contribution in [1.82, 2.24) is 5.32 Å². The Hall–Kier alpha value is -2.70. The van der Waals surface area contributed by atoms with Gasteiger partial charge in [-0.2, -0.15) is 0 Å². The first-order valence-corrected chi connectivity index (χ1v) is 21.7. The van der Waals surface area contributed by atoms with Gasteiger partial charge >= 0.3 is 5.97 Å². The minimum atomic E-state index is -0.793. The van der Waals surface area contributed by atoms with E-state index in [1.165, 1.54) is 70.6 Å². The first kappa shape index (κ1) is 50.3. The topological polar surface area (TPSA) is 95.9 Å². The van der Waals surface area contributed by atoms with Crippen molar-refractivity contribution >= 4 is 11.9 Å². The molecule has 0 saturated carbocycles. The van der Waals surface area contributed by atoms with Gasteiger partial charge in [0.25, 0.3) is 0 Å². The number of hydrogen-bond acceptors (Lipinski definition) is 5. The number of amides is 1. The second-order valence-electron chi connectivity index (χ2n) is 14.5. The van der Waals surface area contributed by atoms with Gasteiger partial charge in [-0.25, -0.2) is 0 Å². The molecular weight excluding hydrogens is 659 g/mol. The van der Waals surface area contributed by atoms with E-state index in [1.807, 2.05) is 54.7 Å². The summed E-state index contributed by atoms with van der Waals surface area (Å²) in [7, 11) is 0. The highest BCUT2D eigenvalue weighted by atomic mass is 16.5. The van der Waals surface area contributed by atoms with E-state index in [-0.39, 0.29) is 24.9 Å².